The summed E-state index contributed by atoms with van der Waals surface area (Å²) in [5, 5.41) is 4.20. The molecular weight excluding hydrogens is 154 g/mol. The van der Waals surface area contributed by atoms with Crippen LogP contribution < -0.4 is 5.32 Å². The average molecular weight is 175 g/mol. The molecule has 11 heavy (non-hydrogen) atoms. The molecule has 1 nitrogen and oxygen atoms in total. The van der Waals surface area contributed by atoms with Gasteiger partial charge in [-0.25, -0.2) is 0 Å². The third-order valence-electron chi connectivity index (χ3n) is 1.73. The van der Waals surface area contributed by atoms with Crippen LogP contribution in [0.25, 0.3) is 0 Å². The zero-order chi connectivity index (χ0) is 8.69. The van der Waals surface area contributed by atoms with Crippen molar-refractivity contribution in [3.8, 4) is 0 Å². The molecule has 0 saturated heterocycles. The van der Waals surface area contributed by atoms with Crippen LogP contribution in [-0.2, 0) is 0 Å². The van der Waals surface area contributed by atoms with E-state index in [1.807, 2.05) is 11.8 Å². The predicted molar refractivity (Wildman–Crippen MR) is 55.3 cm³/mol. The molecule has 0 rings (SSSR count). The summed E-state index contributed by atoms with van der Waals surface area (Å²) in [5.41, 5.74) is 0. The third kappa shape index (κ3) is 8.21. The Morgan fingerprint density at radius 3 is 2.36 bits per heavy atom. The smallest absolute Gasteiger partial charge is 0.0141 e. The number of hydrogen-bond donors (Lipinski definition) is 1. The van der Waals surface area contributed by atoms with Crippen molar-refractivity contribution >= 4 is 11.8 Å². The second kappa shape index (κ2) is 6.99. The number of hydrogen-bond acceptors (Lipinski definition) is 2. The van der Waals surface area contributed by atoms with Crippen molar-refractivity contribution in [1.82, 2.24) is 5.32 Å². The van der Waals surface area contributed by atoms with E-state index in [2.05, 4.69) is 32.3 Å². The molecular formula is C9H21NS. The SMILES string of the molecule is CSC(C)CNCCC(C)C. The monoisotopic (exact) mass is 175 g/mol. The third-order valence-corrected chi connectivity index (χ3v) is 2.70. The standard InChI is InChI=1S/C9H21NS/c1-8(2)5-6-10-7-9(3)11-4/h8-10H,5-7H2,1-4H3. The van der Waals surface area contributed by atoms with Gasteiger partial charge in [-0.1, -0.05) is 20.8 Å². The first-order chi connectivity index (χ1) is 5.16. The second-order valence-corrected chi connectivity index (χ2v) is 4.71. The Morgan fingerprint density at radius 1 is 1.27 bits per heavy atom. The number of rotatable bonds is 6. The van der Waals surface area contributed by atoms with Crippen LogP contribution in [0.4, 0.5) is 0 Å². The van der Waals surface area contributed by atoms with Gasteiger partial charge in [0.2, 0.25) is 0 Å². The maximum atomic E-state index is 3.45. The van der Waals surface area contributed by atoms with Gasteiger partial charge in [-0.05, 0) is 25.1 Å². The zero-order valence-electron chi connectivity index (χ0n) is 8.18. The Hall–Kier alpha value is 0.310. The summed E-state index contributed by atoms with van der Waals surface area (Å²) in [6.45, 7) is 9.10. The Kier molecular flexibility index (Phi) is 7.18. The Morgan fingerprint density at radius 2 is 1.91 bits per heavy atom. The van der Waals surface area contributed by atoms with Crippen molar-refractivity contribution < 1.29 is 0 Å². The molecule has 0 bridgehead atoms. The molecule has 0 amide bonds. The summed E-state index contributed by atoms with van der Waals surface area (Å²) in [7, 11) is 0. The van der Waals surface area contributed by atoms with E-state index in [0.29, 0.717) is 0 Å². The molecule has 0 aromatic heterocycles. The molecule has 0 aliphatic rings. The van der Waals surface area contributed by atoms with Gasteiger partial charge < -0.3 is 5.32 Å². The van der Waals surface area contributed by atoms with Crippen molar-refractivity contribution in [3.05, 3.63) is 0 Å². The van der Waals surface area contributed by atoms with E-state index < -0.39 is 0 Å². The van der Waals surface area contributed by atoms with E-state index in [1.165, 1.54) is 13.0 Å². The summed E-state index contributed by atoms with van der Waals surface area (Å²) < 4.78 is 0. The number of thioether (sulfide) groups is 1. The van der Waals surface area contributed by atoms with E-state index >= 15 is 0 Å². The first-order valence-electron chi connectivity index (χ1n) is 4.40. The molecule has 0 aliphatic carbocycles. The van der Waals surface area contributed by atoms with E-state index in [4.69, 9.17) is 0 Å². The van der Waals surface area contributed by atoms with Crippen molar-refractivity contribution in [2.75, 3.05) is 19.3 Å². The molecule has 1 unspecified atom stereocenters. The molecule has 0 heterocycles. The first kappa shape index (κ1) is 11.3. The van der Waals surface area contributed by atoms with E-state index in [9.17, 15) is 0 Å². The van der Waals surface area contributed by atoms with Crippen LogP contribution in [0.2, 0.25) is 0 Å². The average Bonchev–Trinajstić information content (AvgIpc) is 1.97. The van der Waals surface area contributed by atoms with Gasteiger partial charge in [-0.15, -0.1) is 0 Å². The van der Waals surface area contributed by atoms with Crippen LogP contribution in [-0.4, -0.2) is 24.6 Å². The fourth-order valence-electron chi connectivity index (χ4n) is 0.779. The Balaban J connectivity index is 3.01. The van der Waals surface area contributed by atoms with Crippen LogP contribution >= 0.6 is 11.8 Å². The first-order valence-corrected chi connectivity index (χ1v) is 5.69. The van der Waals surface area contributed by atoms with Crippen molar-refractivity contribution in [1.29, 1.82) is 0 Å². The molecule has 0 fully saturated rings. The van der Waals surface area contributed by atoms with Gasteiger partial charge in [-0.2, -0.15) is 11.8 Å². The molecule has 0 radical (unpaired) electrons. The maximum Gasteiger partial charge on any atom is 0.0141 e. The molecule has 1 N–H and O–H groups in total. The summed E-state index contributed by atoms with van der Waals surface area (Å²) in [6.07, 6.45) is 3.45. The van der Waals surface area contributed by atoms with Gasteiger partial charge in [0.1, 0.15) is 0 Å². The van der Waals surface area contributed by atoms with Crippen LogP contribution in [0.15, 0.2) is 0 Å². The van der Waals surface area contributed by atoms with Crippen LogP contribution in [0.3, 0.4) is 0 Å². The predicted octanol–water partition coefficient (Wildman–Crippen LogP) is 2.37. The lowest BCUT2D eigenvalue weighted by atomic mass is 10.1. The molecule has 0 saturated carbocycles. The molecule has 1 atom stereocenters. The van der Waals surface area contributed by atoms with Gasteiger partial charge in [0.05, 0.1) is 0 Å². The highest BCUT2D eigenvalue weighted by atomic mass is 32.2. The molecule has 0 aromatic carbocycles. The normalized spacial score (nSPS) is 13.9. The van der Waals surface area contributed by atoms with E-state index in [0.717, 1.165) is 17.7 Å². The van der Waals surface area contributed by atoms with Gasteiger partial charge in [0.15, 0.2) is 0 Å². The van der Waals surface area contributed by atoms with Gasteiger partial charge in [-0.3, -0.25) is 0 Å². The topological polar surface area (TPSA) is 12.0 Å². The summed E-state index contributed by atoms with van der Waals surface area (Å²) >= 11 is 1.92. The summed E-state index contributed by atoms with van der Waals surface area (Å²) in [6, 6.07) is 0. The van der Waals surface area contributed by atoms with E-state index in [-0.39, 0.29) is 0 Å². The quantitative estimate of drug-likeness (QED) is 0.622. The molecule has 0 aliphatic heterocycles. The lowest BCUT2D eigenvalue weighted by molar-refractivity contribution is 0.539. The number of nitrogens with one attached hydrogen (secondary N) is 1. The second-order valence-electron chi connectivity index (χ2n) is 3.43. The highest BCUT2D eigenvalue weighted by molar-refractivity contribution is 7.99. The molecule has 68 valence electrons. The molecule has 0 aromatic rings. The van der Waals surface area contributed by atoms with Gasteiger partial charge in [0, 0.05) is 11.8 Å². The lowest BCUT2D eigenvalue weighted by Gasteiger charge is -2.10. The fraction of sp³-hybridized carbons (Fsp3) is 1.00. The highest BCUT2D eigenvalue weighted by Gasteiger charge is 1.97. The van der Waals surface area contributed by atoms with Crippen LogP contribution in [0, 0.1) is 5.92 Å². The molecule has 0 spiro atoms. The van der Waals surface area contributed by atoms with Crippen LogP contribution in [0.5, 0.6) is 0 Å². The molecule has 2 heteroatoms. The Labute approximate surface area is 75.3 Å². The van der Waals surface area contributed by atoms with Crippen LogP contribution in [0.1, 0.15) is 27.2 Å². The van der Waals surface area contributed by atoms with E-state index in [1.54, 1.807) is 0 Å². The summed E-state index contributed by atoms with van der Waals surface area (Å²) in [5.74, 6) is 0.826. The van der Waals surface area contributed by atoms with Gasteiger partial charge >= 0.3 is 0 Å². The Bertz CT molecular complexity index is 83.6. The largest absolute Gasteiger partial charge is 0.316 e. The van der Waals surface area contributed by atoms with Gasteiger partial charge in [0.25, 0.3) is 0 Å². The summed E-state index contributed by atoms with van der Waals surface area (Å²) in [4.78, 5) is 0. The van der Waals surface area contributed by atoms with Crippen molar-refractivity contribution in [2.45, 2.75) is 32.4 Å². The maximum absolute atomic E-state index is 3.45. The lowest BCUT2D eigenvalue weighted by Crippen LogP contribution is -2.24. The zero-order valence-corrected chi connectivity index (χ0v) is 9.00. The van der Waals surface area contributed by atoms with Crippen molar-refractivity contribution in [3.63, 3.8) is 0 Å². The fourth-order valence-corrected chi connectivity index (χ4v) is 1.06. The minimum absolute atomic E-state index is 0.752. The minimum atomic E-state index is 0.752. The minimum Gasteiger partial charge on any atom is -0.316 e. The van der Waals surface area contributed by atoms with Crippen molar-refractivity contribution in [2.24, 2.45) is 5.92 Å². The highest BCUT2D eigenvalue weighted by Crippen LogP contribution is 2.03.